The van der Waals surface area contributed by atoms with Gasteiger partial charge in [0.05, 0.1) is 0 Å². The zero-order valence-electron chi connectivity index (χ0n) is 7.93. The quantitative estimate of drug-likeness (QED) is 0.607. The molecule has 0 atom stereocenters. The van der Waals surface area contributed by atoms with Crippen LogP contribution in [0.1, 0.15) is 22.3 Å². The van der Waals surface area contributed by atoms with Crippen LogP contribution in [0.5, 0.6) is 0 Å². The molecule has 0 fully saturated rings. The van der Waals surface area contributed by atoms with Gasteiger partial charge in [-0.15, -0.1) is 0 Å². The van der Waals surface area contributed by atoms with Crippen LogP contribution in [0.4, 0.5) is 0 Å². The summed E-state index contributed by atoms with van der Waals surface area (Å²) in [4.78, 5) is 0. The van der Waals surface area contributed by atoms with Crippen molar-refractivity contribution in [1.82, 2.24) is 0 Å². The van der Waals surface area contributed by atoms with Crippen molar-refractivity contribution < 1.29 is 4.57 Å². The van der Waals surface area contributed by atoms with Gasteiger partial charge in [0.15, 0.2) is 8.46 Å². The van der Waals surface area contributed by atoms with E-state index in [-0.39, 0.29) is 8.46 Å². The Hall–Kier alpha value is -0.680. The Morgan fingerprint density at radius 1 is 1.00 bits per heavy atom. The average molecular weight is 180 g/mol. The summed E-state index contributed by atoms with van der Waals surface area (Å²) < 4.78 is 10.8. The van der Waals surface area contributed by atoms with Crippen LogP contribution in [0.2, 0.25) is 0 Å². The Balaban J connectivity index is 3.52. The molecule has 0 N–H and O–H groups in total. The Bertz CT molecular complexity index is 303. The van der Waals surface area contributed by atoms with Crippen molar-refractivity contribution in [2.24, 2.45) is 0 Å². The smallest absolute Gasteiger partial charge is 0.192 e. The van der Waals surface area contributed by atoms with Gasteiger partial charge in [0.25, 0.3) is 0 Å². The number of aryl methyl sites for hydroxylation is 2. The first kappa shape index (κ1) is 9.41. The molecule has 64 valence electrons. The molecular weight excluding hydrogens is 167 g/mol. The fourth-order valence-electron chi connectivity index (χ4n) is 1.33. The first-order valence-electron chi connectivity index (χ1n) is 3.98. The van der Waals surface area contributed by atoms with E-state index in [9.17, 15) is 4.57 Å². The maximum absolute atomic E-state index is 10.8. The summed E-state index contributed by atoms with van der Waals surface area (Å²) in [5, 5.41) is 0.951. The zero-order valence-corrected chi connectivity index (χ0v) is 8.83. The number of benzene rings is 1. The van der Waals surface area contributed by atoms with Gasteiger partial charge in [0.2, 0.25) is 0 Å². The lowest BCUT2D eigenvalue weighted by Gasteiger charge is -2.08. The highest BCUT2D eigenvalue weighted by Crippen LogP contribution is 2.16. The van der Waals surface area contributed by atoms with Gasteiger partial charge in [-0.2, -0.15) is 0 Å². The molecule has 1 aromatic rings. The Kier molecular flexibility index (Phi) is 2.64. The van der Waals surface area contributed by atoms with Gasteiger partial charge in [0, 0.05) is 5.30 Å². The van der Waals surface area contributed by atoms with Crippen LogP contribution >= 0.6 is 8.46 Å². The fourth-order valence-corrected chi connectivity index (χ4v) is 1.96. The molecule has 1 rings (SSSR count). The largest absolute Gasteiger partial charge is 0.269 e. The van der Waals surface area contributed by atoms with Gasteiger partial charge in [0.1, 0.15) is 0 Å². The second-order valence-corrected chi connectivity index (χ2v) is 3.83. The summed E-state index contributed by atoms with van der Waals surface area (Å²) in [6.07, 6.45) is 0. The van der Waals surface area contributed by atoms with E-state index < -0.39 is 0 Å². The lowest BCUT2D eigenvalue weighted by Crippen LogP contribution is -2.07. The predicted octanol–water partition coefficient (Wildman–Crippen LogP) is 2.84. The van der Waals surface area contributed by atoms with Crippen LogP contribution < -0.4 is 5.30 Å². The molecule has 0 amide bonds. The average Bonchev–Trinajstić information content (AvgIpc) is 2.02. The summed E-state index contributed by atoms with van der Waals surface area (Å²) in [6.45, 7) is 8.14. The topological polar surface area (TPSA) is 17.1 Å². The van der Waals surface area contributed by atoms with Crippen LogP contribution in [0.15, 0.2) is 6.07 Å². The van der Waals surface area contributed by atoms with Crippen molar-refractivity contribution >= 4 is 13.8 Å². The highest BCUT2D eigenvalue weighted by atomic mass is 31.1. The molecule has 0 bridgehead atoms. The van der Waals surface area contributed by atoms with Crippen LogP contribution in [0, 0.1) is 27.7 Å². The lowest BCUT2D eigenvalue weighted by molar-refractivity contribution is 0.603. The molecule has 0 unspecified atom stereocenters. The molecule has 0 saturated carbocycles. The van der Waals surface area contributed by atoms with Gasteiger partial charge in [-0.05, 0) is 49.9 Å². The molecule has 0 heterocycles. The third-order valence-electron chi connectivity index (χ3n) is 2.42. The standard InChI is InChI=1S/C10H13OP/c1-6-5-7(2)9(4)10(12-11)8(6)3/h5H,1-4H3. The van der Waals surface area contributed by atoms with Crippen molar-refractivity contribution in [3.05, 3.63) is 28.3 Å². The Labute approximate surface area is 75.0 Å². The molecule has 0 aromatic heterocycles. The van der Waals surface area contributed by atoms with Crippen molar-refractivity contribution in [3.8, 4) is 0 Å². The number of hydrogen-bond donors (Lipinski definition) is 0. The second kappa shape index (κ2) is 3.37. The van der Waals surface area contributed by atoms with Gasteiger partial charge in [-0.3, -0.25) is 4.57 Å². The molecule has 0 aliphatic carbocycles. The summed E-state index contributed by atoms with van der Waals surface area (Å²) in [5.41, 5.74) is 4.73. The molecule has 1 aromatic carbocycles. The maximum Gasteiger partial charge on any atom is 0.192 e. The summed E-state index contributed by atoms with van der Waals surface area (Å²) in [7, 11) is 0.135. The van der Waals surface area contributed by atoms with E-state index in [0.29, 0.717) is 0 Å². The summed E-state index contributed by atoms with van der Waals surface area (Å²) >= 11 is 0. The highest BCUT2D eigenvalue weighted by Gasteiger charge is 2.07. The molecule has 0 aliphatic rings. The van der Waals surface area contributed by atoms with Crippen molar-refractivity contribution in [3.63, 3.8) is 0 Å². The van der Waals surface area contributed by atoms with Crippen molar-refractivity contribution in [2.75, 3.05) is 0 Å². The van der Waals surface area contributed by atoms with E-state index >= 15 is 0 Å². The molecular formula is C10H13OP. The first-order chi connectivity index (χ1) is 5.57. The van der Waals surface area contributed by atoms with Gasteiger partial charge in [-0.25, -0.2) is 0 Å². The minimum absolute atomic E-state index is 0.135. The van der Waals surface area contributed by atoms with E-state index in [4.69, 9.17) is 0 Å². The Morgan fingerprint density at radius 3 is 1.75 bits per heavy atom. The number of rotatable bonds is 1. The molecule has 0 radical (unpaired) electrons. The number of hydrogen-bond acceptors (Lipinski definition) is 1. The van der Waals surface area contributed by atoms with Gasteiger partial charge < -0.3 is 0 Å². The van der Waals surface area contributed by atoms with Crippen molar-refractivity contribution in [1.29, 1.82) is 0 Å². The summed E-state index contributed by atoms with van der Waals surface area (Å²) in [6, 6.07) is 2.14. The third kappa shape index (κ3) is 1.42. The predicted molar refractivity (Wildman–Crippen MR) is 52.6 cm³/mol. The third-order valence-corrected chi connectivity index (χ3v) is 3.27. The SMILES string of the molecule is Cc1cc(C)c(C)c(P=O)c1C. The van der Waals surface area contributed by atoms with Crippen molar-refractivity contribution in [2.45, 2.75) is 27.7 Å². The van der Waals surface area contributed by atoms with Crippen LogP contribution in [0.3, 0.4) is 0 Å². The molecule has 0 aliphatic heterocycles. The van der Waals surface area contributed by atoms with Crippen LogP contribution in [-0.2, 0) is 4.57 Å². The van der Waals surface area contributed by atoms with E-state index in [1.165, 1.54) is 11.1 Å². The molecule has 2 heteroatoms. The molecule has 12 heavy (non-hydrogen) atoms. The molecule has 1 nitrogen and oxygen atoms in total. The first-order valence-corrected chi connectivity index (χ1v) is 4.80. The lowest BCUT2D eigenvalue weighted by atomic mass is 10.0. The summed E-state index contributed by atoms with van der Waals surface area (Å²) in [5.74, 6) is 0. The normalized spacial score (nSPS) is 10.7. The maximum atomic E-state index is 10.8. The second-order valence-electron chi connectivity index (χ2n) is 3.20. The Morgan fingerprint density at radius 2 is 1.42 bits per heavy atom. The zero-order chi connectivity index (χ0) is 9.30. The van der Waals surface area contributed by atoms with E-state index in [0.717, 1.165) is 16.4 Å². The minimum Gasteiger partial charge on any atom is -0.269 e. The minimum atomic E-state index is 0.135. The molecule has 0 saturated heterocycles. The fraction of sp³-hybridized carbons (Fsp3) is 0.400. The van der Waals surface area contributed by atoms with Gasteiger partial charge >= 0.3 is 0 Å². The highest BCUT2D eigenvalue weighted by molar-refractivity contribution is 7.34. The van der Waals surface area contributed by atoms with E-state index in [1.54, 1.807) is 0 Å². The van der Waals surface area contributed by atoms with Crippen LogP contribution in [0.25, 0.3) is 0 Å². The van der Waals surface area contributed by atoms with E-state index in [2.05, 4.69) is 19.9 Å². The van der Waals surface area contributed by atoms with Gasteiger partial charge in [-0.1, -0.05) is 6.07 Å². The van der Waals surface area contributed by atoms with E-state index in [1.807, 2.05) is 13.8 Å². The molecule has 0 spiro atoms. The monoisotopic (exact) mass is 180 g/mol. The van der Waals surface area contributed by atoms with Crippen LogP contribution in [-0.4, -0.2) is 0 Å².